The Morgan fingerprint density at radius 1 is 1.40 bits per heavy atom. The smallest absolute Gasteiger partial charge is 0.320 e. The molecule has 4 rings (SSSR count). The molecule has 2 aliphatic carbocycles. The van der Waals surface area contributed by atoms with E-state index in [1.165, 1.54) is 16.9 Å². The minimum Gasteiger partial charge on any atom is -0.497 e. The fourth-order valence-corrected chi connectivity index (χ4v) is 2.98. The van der Waals surface area contributed by atoms with Gasteiger partial charge in [0.25, 0.3) is 5.92 Å². The first-order valence-corrected chi connectivity index (χ1v) is 8.11. The summed E-state index contributed by atoms with van der Waals surface area (Å²) in [6.07, 6.45) is 2.10. The summed E-state index contributed by atoms with van der Waals surface area (Å²) in [5, 5.41) is 9.44. The summed E-state index contributed by atoms with van der Waals surface area (Å²) in [4.78, 5) is 12.0. The SMILES string of the molecule is COc1cccc([C@@H]2C[C@H]2NC(=O)Nc2ccn(C3CC3(F)F)n2)c1. The molecule has 3 atom stereocenters. The van der Waals surface area contributed by atoms with Gasteiger partial charge in [0.05, 0.1) is 7.11 Å². The van der Waals surface area contributed by atoms with Crippen LogP contribution in [0.25, 0.3) is 0 Å². The number of nitrogens with one attached hydrogen (secondary N) is 2. The Bertz CT molecular complexity index is 807. The molecule has 25 heavy (non-hydrogen) atoms. The van der Waals surface area contributed by atoms with Crippen LogP contribution < -0.4 is 15.4 Å². The van der Waals surface area contributed by atoms with Crippen molar-refractivity contribution in [2.75, 3.05) is 12.4 Å². The highest BCUT2D eigenvalue weighted by molar-refractivity contribution is 5.88. The Morgan fingerprint density at radius 2 is 2.20 bits per heavy atom. The number of aromatic nitrogens is 2. The second kappa shape index (κ2) is 5.72. The average molecular weight is 348 g/mol. The lowest BCUT2D eigenvalue weighted by Gasteiger charge is -2.06. The average Bonchev–Trinajstić information content (AvgIpc) is 3.42. The highest BCUT2D eigenvalue weighted by Gasteiger charge is 2.59. The summed E-state index contributed by atoms with van der Waals surface area (Å²) in [6.45, 7) is 0. The third kappa shape index (κ3) is 3.29. The van der Waals surface area contributed by atoms with Gasteiger partial charge in [0.15, 0.2) is 5.82 Å². The maximum Gasteiger partial charge on any atom is 0.320 e. The van der Waals surface area contributed by atoms with E-state index >= 15 is 0 Å². The Labute approximate surface area is 143 Å². The van der Waals surface area contributed by atoms with E-state index in [0.29, 0.717) is 0 Å². The number of nitrogens with zero attached hydrogens (tertiary/aromatic N) is 2. The molecule has 0 bridgehead atoms. The third-order valence-corrected chi connectivity index (χ3v) is 4.59. The lowest BCUT2D eigenvalue weighted by atomic mass is 10.1. The first kappa shape index (κ1) is 15.9. The molecule has 2 aromatic rings. The molecule has 2 saturated carbocycles. The van der Waals surface area contributed by atoms with Gasteiger partial charge < -0.3 is 10.1 Å². The van der Waals surface area contributed by atoms with E-state index in [2.05, 4.69) is 15.7 Å². The topological polar surface area (TPSA) is 68.2 Å². The lowest BCUT2D eigenvalue weighted by molar-refractivity contribution is 0.0984. The van der Waals surface area contributed by atoms with Gasteiger partial charge in [-0.15, -0.1) is 0 Å². The number of anilines is 1. The number of halogens is 2. The Balaban J connectivity index is 1.30. The van der Waals surface area contributed by atoms with Crippen molar-refractivity contribution in [1.82, 2.24) is 15.1 Å². The molecular weight excluding hydrogens is 330 g/mol. The van der Waals surface area contributed by atoms with E-state index in [-0.39, 0.29) is 30.2 Å². The summed E-state index contributed by atoms with van der Waals surface area (Å²) in [5.74, 6) is -1.39. The Morgan fingerprint density at radius 3 is 2.92 bits per heavy atom. The molecule has 6 nitrogen and oxygen atoms in total. The molecule has 2 N–H and O–H groups in total. The molecule has 8 heteroatoms. The van der Waals surface area contributed by atoms with E-state index in [0.717, 1.165) is 17.7 Å². The van der Waals surface area contributed by atoms with Crippen molar-refractivity contribution in [3.63, 3.8) is 0 Å². The summed E-state index contributed by atoms with van der Waals surface area (Å²) < 4.78 is 32.5. The molecule has 1 heterocycles. The van der Waals surface area contributed by atoms with Crippen molar-refractivity contribution in [3.05, 3.63) is 42.1 Å². The number of methoxy groups -OCH3 is 1. The van der Waals surface area contributed by atoms with Crippen LogP contribution in [0.1, 0.15) is 30.4 Å². The van der Waals surface area contributed by atoms with Crippen molar-refractivity contribution in [2.45, 2.75) is 36.8 Å². The molecule has 132 valence electrons. The van der Waals surface area contributed by atoms with Crippen molar-refractivity contribution < 1.29 is 18.3 Å². The summed E-state index contributed by atoms with van der Waals surface area (Å²) in [6, 6.07) is 8.04. The van der Waals surface area contributed by atoms with Gasteiger partial charge in [-0.05, 0) is 24.1 Å². The number of ether oxygens (including phenoxy) is 1. The van der Waals surface area contributed by atoms with Gasteiger partial charge in [-0.25, -0.2) is 13.6 Å². The van der Waals surface area contributed by atoms with Gasteiger partial charge >= 0.3 is 6.03 Å². The van der Waals surface area contributed by atoms with Crippen LogP contribution in [-0.4, -0.2) is 34.9 Å². The van der Waals surface area contributed by atoms with Crippen LogP contribution in [0.5, 0.6) is 5.75 Å². The van der Waals surface area contributed by atoms with Crippen molar-refractivity contribution in [2.24, 2.45) is 0 Å². The second-order valence-corrected chi connectivity index (χ2v) is 6.49. The highest BCUT2D eigenvalue weighted by atomic mass is 19.3. The number of rotatable bonds is 5. The number of carbonyl (C=O) groups is 1. The van der Waals surface area contributed by atoms with Crippen LogP contribution in [0.2, 0.25) is 0 Å². The molecule has 0 aliphatic heterocycles. The monoisotopic (exact) mass is 348 g/mol. The molecule has 1 unspecified atom stereocenters. The van der Waals surface area contributed by atoms with Crippen molar-refractivity contribution in [1.29, 1.82) is 0 Å². The summed E-state index contributed by atoms with van der Waals surface area (Å²) in [7, 11) is 1.62. The fraction of sp³-hybridized carbons (Fsp3) is 0.412. The van der Waals surface area contributed by atoms with Crippen molar-refractivity contribution in [3.8, 4) is 5.75 Å². The molecule has 1 aromatic carbocycles. The second-order valence-electron chi connectivity index (χ2n) is 6.49. The first-order valence-electron chi connectivity index (χ1n) is 8.11. The van der Waals surface area contributed by atoms with Crippen molar-refractivity contribution >= 4 is 11.8 Å². The Hall–Kier alpha value is -2.64. The highest BCUT2D eigenvalue weighted by Crippen LogP contribution is 2.52. The van der Waals surface area contributed by atoms with Crippen LogP contribution in [0.15, 0.2) is 36.5 Å². The molecular formula is C17H18F2N4O2. The molecule has 2 fully saturated rings. The predicted molar refractivity (Wildman–Crippen MR) is 87.1 cm³/mol. The number of amides is 2. The zero-order chi connectivity index (χ0) is 17.6. The fourth-order valence-electron chi connectivity index (χ4n) is 2.98. The third-order valence-electron chi connectivity index (χ3n) is 4.59. The van der Waals surface area contributed by atoms with E-state index in [9.17, 15) is 13.6 Å². The number of hydrogen-bond acceptors (Lipinski definition) is 3. The largest absolute Gasteiger partial charge is 0.497 e. The molecule has 1 aromatic heterocycles. The van der Waals surface area contributed by atoms with E-state index in [1.807, 2.05) is 24.3 Å². The van der Waals surface area contributed by atoms with E-state index in [1.54, 1.807) is 7.11 Å². The first-order chi connectivity index (χ1) is 12.0. The van der Waals surface area contributed by atoms with Gasteiger partial charge in [0, 0.05) is 30.6 Å². The minimum atomic E-state index is -2.69. The standard InChI is InChI=1S/C17H18F2N4O2/c1-25-11-4-2-3-10(7-11)12-8-13(12)20-16(24)21-15-5-6-23(22-15)14-9-17(14,18)19/h2-7,12-14H,8-9H2,1H3,(H2,20,21,22,24)/t12-,13+,14?/m0/s1. The van der Waals surface area contributed by atoms with Gasteiger partial charge in [-0.1, -0.05) is 12.1 Å². The van der Waals surface area contributed by atoms with Gasteiger partial charge in [0.2, 0.25) is 0 Å². The number of urea groups is 1. The molecule has 0 saturated heterocycles. The number of alkyl halides is 2. The number of benzene rings is 1. The molecule has 2 amide bonds. The molecule has 2 aliphatic rings. The quantitative estimate of drug-likeness (QED) is 0.872. The molecule has 0 radical (unpaired) electrons. The van der Waals surface area contributed by atoms with Gasteiger partial charge in [-0.2, -0.15) is 5.10 Å². The zero-order valence-corrected chi connectivity index (χ0v) is 13.6. The van der Waals surface area contributed by atoms with Gasteiger partial charge in [0.1, 0.15) is 11.8 Å². The lowest BCUT2D eigenvalue weighted by Crippen LogP contribution is -2.31. The summed E-state index contributed by atoms with van der Waals surface area (Å²) in [5.41, 5.74) is 1.12. The van der Waals surface area contributed by atoms with Crippen LogP contribution >= 0.6 is 0 Å². The zero-order valence-electron chi connectivity index (χ0n) is 13.6. The predicted octanol–water partition coefficient (Wildman–Crippen LogP) is 3.15. The van der Waals surface area contributed by atoms with Gasteiger partial charge in [-0.3, -0.25) is 10.00 Å². The summed E-state index contributed by atoms with van der Waals surface area (Å²) >= 11 is 0. The normalized spacial score (nSPS) is 26.0. The van der Waals surface area contributed by atoms with Crippen LogP contribution in [0.4, 0.5) is 19.4 Å². The Kier molecular flexibility index (Phi) is 3.63. The van der Waals surface area contributed by atoms with Crippen LogP contribution in [-0.2, 0) is 0 Å². The van der Waals surface area contributed by atoms with E-state index in [4.69, 9.17) is 4.74 Å². The molecule has 0 spiro atoms. The minimum absolute atomic E-state index is 0.0435. The van der Waals surface area contributed by atoms with Crippen LogP contribution in [0, 0.1) is 0 Å². The van der Waals surface area contributed by atoms with E-state index < -0.39 is 12.0 Å². The maximum atomic E-state index is 13.0. The van der Waals surface area contributed by atoms with Crippen LogP contribution in [0.3, 0.4) is 0 Å². The number of carbonyl (C=O) groups excluding carboxylic acids is 1. The number of hydrogen-bond donors (Lipinski definition) is 2. The maximum absolute atomic E-state index is 13.0.